The number of anilines is 1. The molecule has 1 atom stereocenters. The summed E-state index contributed by atoms with van der Waals surface area (Å²) < 4.78 is 0. The van der Waals surface area contributed by atoms with Crippen LogP contribution in [0.1, 0.15) is 25.3 Å². The lowest BCUT2D eigenvalue weighted by atomic mass is 9.96. The van der Waals surface area contributed by atoms with E-state index < -0.39 is 17.5 Å². The molecule has 0 aliphatic heterocycles. The molecular formula is C15H20N2O3. The maximum absolute atomic E-state index is 12.3. The van der Waals surface area contributed by atoms with Crippen molar-refractivity contribution in [2.75, 3.05) is 11.9 Å². The van der Waals surface area contributed by atoms with Gasteiger partial charge in [0.2, 0.25) is 0 Å². The van der Waals surface area contributed by atoms with Crippen LogP contribution >= 0.6 is 0 Å². The smallest absolute Gasteiger partial charge is 0.329 e. The highest BCUT2D eigenvalue weighted by Crippen LogP contribution is 2.39. The number of hydrogen-bond donors (Lipinski definition) is 2. The Morgan fingerprint density at radius 1 is 1.40 bits per heavy atom. The van der Waals surface area contributed by atoms with E-state index >= 15 is 0 Å². The SMILES string of the molecule is Cc1cccc(N(C)C(=O)NC(C)(C(=O)O)C2CC2)c1. The standard InChI is InChI=1S/C15H20N2O3/c1-10-5-4-6-12(9-10)17(3)14(20)16-15(2,13(18)19)11-7-8-11/h4-6,9,11H,7-8H2,1-3H3,(H,16,20)(H,18,19). The number of carbonyl (C=O) groups excluding carboxylic acids is 1. The van der Waals surface area contributed by atoms with Crippen LogP contribution in [0.15, 0.2) is 24.3 Å². The second-order valence-corrected chi connectivity index (χ2v) is 5.61. The molecule has 1 saturated carbocycles. The number of benzene rings is 1. The molecule has 0 aromatic heterocycles. The zero-order valence-corrected chi connectivity index (χ0v) is 12.0. The van der Waals surface area contributed by atoms with Gasteiger partial charge in [0.15, 0.2) is 0 Å². The van der Waals surface area contributed by atoms with Crippen molar-refractivity contribution in [1.29, 1.82) is 0 Å². The van der Waals surface area contributed by atoms with Gasteiger partial charge in [0.05, 0.1) is 0 Å². The van der Waals surface area contributed by atoms with Crippen LogP contribution in [0.25, 0.3) is 0 Å². The Kier molecular flexibility index (Phi) is 3.70. The Bertz CT molecular complexity index is 540. The van der Waals surface area contributed by atoms with E-state index in [1.54, 1.807) is 14.0 Å². The van der Waals surface area contributed by atoms with E-state index in [0.29, 0.717) is 0 Å². The fraction of sp³-hybridized carbons (Fsp3) is 0.467. The number of urea groups is 1. The van der Waals surface area contributed by atoms with Gasteiger partial charge in [-0.2, -0.15) is 0 Å². The Hall–Kier alpha value is -2.04. The van der Waals surface area contributed by atoms with Gasteiger partial charge in [0.25, 0.3) is 0 Å². The molecule has 1 aliphatic rings. The van der Waals surface area contributed by atoms with E-state index in [9.17, 15) is 14.7 Å². The average molecular weight is 276 g/mol. The van der Waals surface area contributed by atoms with Crippen LogP contribution < -0.4 is 10.2 Å². The van der Waals surface area contributed by atoms with Gasteiger partial charge < -0.3 is 10.4 Å². The molecule has 1 aliphatic carbocycles. The summed E-state index contributed by atoms with van der Waals surface area (Å²) in [5.74, 6) is -0.958. The van der Waals surface area contributed by atoms with Gasteiger partial charge in [-0.1, -0.05) is 12.1 Å². The van der Waals surface area contributed by atoms with E-state index in [1.807, 2.05) is 31.2 Å². The van der Waals surface area contributed by atoms with Crippen molar-refractivity contribution in [3.63, 3.8) is 0 Å². The number of nitrogens with one attached hydrogen (secondary N) is 1. The second-order valence-electron chi connectivity index (χ2n) is 5.61. The molecule has 108 valence electrons. The van der Waals surface area contributed by atoms with Crippen molar-refractivity contribution in [3.05, 3.63) is 29.8 Å². The number of aryl methyl sites for hydroxylation is 1. The van der Waals surface area contributed by atoms with Crippen molar-refractivity contribution in [1.82, 2.24) is 5.32 Å². The molecule has 0 spiro atoms. The van der Waals surface area contributed by atoms with Crippen molar-refractivity contribution >= 4 is 17.7 Å². The minimum Gasteiger partial charge on any atom is -0.480 e. The zero-order valence-electron chi connectivity index (χ0n) is 12.0. The van der Waals surface area contributed by atoms with Crippen LogP contribution in [-0.2, 0) is 4.79 Å². The molecule has 0 heterocycles. The van der Waals surface area contributed by atoms with Crippen LogP contribution in [0.5, 0.6) is 0 Å². The summed E-state index contributed by atoms with van der Waals surface area (Å²) >= 11 is 0. The topological polar surface area (TPSA) is 69.6 Å². The predicted molar refractivity (Wildman–Crippen MR) is 76.9 cm³/mol. The average Bonchev–Trinajstić information content (AvgIpc) is 3.21. The first-order chi connectivity index (χ1) is 9.34. The summed E-state index contributed by atoms with van der Waals surface area (Å²) in [5.41, 5.74) is 0.603. The molecule has 2 N–H and O–H groups in total. The van der Waals surface area contributed by atoms with E-state index in [4.69, 9.17) is 0 Å². The van der Waals surface area contributed by atoms with Crippen LogP contribution in [0.4, 0.5) is 10.5 Å². The molecule has 0 saturated heterocycles. The summed E-state index contributed by atoms with van der Waals surface area (Å²) in [6.07, 6.45) is 1.69. The van der Waals surface area contributed by atoms with Gasteiger partial charge in [0, 0.05) is 12.7 Å². The molecule has 2 amide bonds. The molecular weight excluding hydrogens is 256 g/mol. The first-order valence-electron chi connectivity index (χ1n) is 6.70. The summed E-state index contributed by atoms with van der Waals surface area (Å²) in [5, 5.41) is 12.0. The third kappa shape index (κ3) is 2.76. The Morgan fingerprint density at radius 2 is 2.05 bits per heavy atom. The van der Waals surface area contributed by atoms with Crippen molar-refractivity contribution in [2.45, 2.75) is 32.2 Å². The highest BCUT2D eigenvalue weighted by molar-refractivity contribution is 5.95. The van der Waals surface area contributed by atoms with Gasteiger partial charge in [-0.05, 0) is 50.3 Å². The lowest BCUT2D eigenvalue weighted by Crippen LogP contribution is -2.57. The Labute approximate surface area is 118 Å². The van der Waals surface area contributed by atoms with E-state index in [-0.39, 0.29) is 5.92 Å². The molecule has 5 nitrogen and oxygen atoms in total. The van der Waals surface area contributed by atoms with Crippen molar-refractivity contribution in [2.24, 2.45) is 5.92 Å². The number of carboxylic acids is 1. The normalized spacial score (nSPS) is 17.1. The first-order valence-corrected chi connectivity index (χ1v) is 6.70. The van der Waals surface area contributed by atoms with E-state index in [0.717, 1.165) is 24.1 Å². The maximum atomic E-state index is 12.3. The number of carboxylic acid groups (broad SMARTS) is 1. The zero-order chi connectivity index (χ0) is 14.9. The molecule has 20 heavy (non-hydrogen) atoms. The molecule has 0 bridgehead atoms. The number of aliphatic carboxylic acids is 1. The monoisotopic (exact) mass is 276 g/mol. The molecule has 1 aromatic carbocycles. The summed E-state index contributed by atoms with van der Waals surface area (Å²) in [6, 6.07) is 7.12. The fourth-order valence-corrected chi connectivity index (χ4v) is 2.25. The minimum atomic E-state index is -1.19. The van der Waals surface area contributed by atoms with Crippen LogP contribution in [0, 0.1) is 12.8 Å². The number of amides is 2. The van der Waals surface area contributed by atoms with Crippen LogP contribution in [0.2, 0.25) is 0 Å². The lowest BCUT2D eigenvalue weighted by molar-refractivity contribution is -0.144. The quantitative estimate of drug-likeness (QED) is 0.887. The van der Waals surface area contributed by atoms with Crippen LogP contribution in [-0.4, -0.2) is 29.7 Å². The predicted octanol–water partition coefficient (Wildman–Crippen LogP) is 2.39. The van der Waals surface area contributed by atoms with Crippen LogP contribution in [0.3, 0.4) is 0 Å². The number of nitrogens with zero attached hydrogens (tertiary/aromatic N) is 1. The third-order valence-electron chi connectivity index (χ3n) is 3.90. The second kappa shape index (κ2) is 5.15. The molecule has 5 heteroatoms. The molecule has 1 aromatic rings. The van der Waals surface area contributed by atoms with Crippen molar-refractivity contribution < 1.29 is 14.7 Å². The summed E-state index contributed by atoms with van der Waals surface area (Å²) in [6.45, 7) is 3.52. The molecule has 2 rings (SSSR count). The van der Waals surface area contributed by atoms with Gasteiger partial charge in [-0.15, -0.1) is 0 Å². The highest BCUT2D eigenvalue weighted by atomic mass is 16.4. The first kappa shape index (κ1) is 14.4. The van der Waals surface area contributed by atoms with E-state index in [2.05, 4.69) is 5.32 Å². The Balaban J connectivity index is 2.13. The number of hydrogen-bond acceptors (Lipinski definition) is 2. The van der Waals surface area contributed by atoms with E-state index in [1.165, 1.54) is 4.90 Å². The van der Waals surface area contributed by atoms with Gasteiger partial charge >= 0.3 is 12.0 Å². The number of rotatable bonds is 4. The fourth-order valence-electron chi connectivity index (χ4n) is 2.25. The van der Waals surface area contributed by atoms with Crippen molar-refractivity contribution in [3.8, 4) is 0 Å². The lowest BCUT2D eigenvalue weighted by Gasteiger charge is -2.29. The summed E-state index contributed by atoms with van der Waals surface area (Å²) in [7, 11) is 1.64. The minimum absolute atomic E-state index is 0.0230. The number of carbonyl (C=O) groups is 2. The molecule has 1 fully saturated rings. The Morgan fingerprint density at radius 3 is 2.55 bits per heavy atom. The largest absolute Gasteiger partial charge is 0.480 e. The molecule has 1 unspecified atom stereocenters. The molecule has 0 radical (unpaired) electrons. The third-order valence-corrected chi connectivity index (χ3v) is 3.90. The van der Waals surface area contributed by atoms with Gasteiger partial charge in [-0.25, -0.2) is 9.59 Å². The van der Waals surface area contributed by atoms with Gasteiger partial charge in [0.1, 0.15) is 5.54 Å². The van der Waals surface area contributed by atoms with Gasteiger partial charge in [-0.3, -0.25) is 4.90 Å². The highest BCUT2D eigenvalue weighted by Gasteiger charge is 2.49. The summed E-state index contributed by atoms with van der Waals surface area (Å²) in [4.78, 5) is 25.1. The maximum Gasteiger partial charge on any atom is 0.329 e.